The Labute approximate surface area is 94.0 Å². The van der Waals surface area contributed by atoms with Gasteiger partial charge in [0.1, 0.15) is 0 Å². The number of nitrogens with one attached hydrogen (secondary N) is 2. The van der Waals surface area contributed by atoms with Gasteiger partial charge in [0.25, 0.3) is 0 Å². The van der Waals surface area contributed by atoms with Crippen LogP contribution < -0.4 is 10.6 Å². The Kier molecular flexibility index (Phi) is 8.38. The molecule has 0 aromatic carbocycles. The van der Waals surface area contributed by atoms with Crippen molar-refractivity contribution in [2.45, 2.75) is 65.0 Å². The second-order valence-electron chi connectivity index (χ2n) is 3.74. The average Bonchev–Trinajstić information content (AvgIpc) is 2.75. The zero-order valence-corrected chi connectivity index (χ0v) is 10.6. The summed E-state index contributed by atoms with van der Waals surface area (Å²) >= 11 is 0. The molecule has 0 saturated heterocycles. The number of likely N-dealkylation sites (N-methyl/N-ethyl adjacent to an activating group) is 1. The van der Waals surface area contributed by atoms with Crippen molar-refractivity contribution in [3.63, 3.8) is 0 Å². The second kappa shape index (κ2) is 8.72. The van der Waals surface area contributed by atoms with E-state index in [1.54, 1.807) is 0 Å². The Morgan fingerprint density at radius 2 is 1.87 bits per heavy atom. The molecule has 0 bridgehead atoms. The van der Waals surface area contributed by atoms with E-state index in [4.69, 9.17) is 0 Å². The first-order valence-electron chi connectivity index (χ1n) is 6.25. The Balaban J connectivity index is 0.000000921. The van der Waals surface area contributed by atoms with E-state index < -0.39 is 0 Å². The maximum absolute atomic E-state index is 11.6. The molecule has 0 spiro atoms. The maximum atomic E-state index is 11.6. The van der Waals surface area contributed by atoms with Crippen molar-refractivity contribution in [3.8, 4) is 0 Å². The monoisotopic (exact) mass is 214 g/mol. The summed E-state index contributed by atoms with van der Waals surface area (Å²) < 4.78 is 0. The minimum atomic E-state index is -0.0133. The highest BCUT2D eigenvalue weighted by Gasteiger charge is 2.20. The van der Waals surface area contributed by atoms with E-state index in [-0.39, 0.29) is 11.9 Å². The van der Waals surface area contributed by atoms with Crippen LogP contribution in [0.3, 0.4) is 0 Å². The Bertz CT molecular complexity index is 161. The molecule has 90 valence electrons. The van der Waals surface area contributed by atoms with Gasteiger partial charge in [0, 0.05) is 6.04 Å². The molecule has 2 N–H and O–H groups in total. The molecular formula is C12H26N2O. The predicted molar refractivity (Wildman–Crippen MR) is 64.9 cm³/mol. The summed E-state index contributed by atoms with van der Waals surface area (Å²) in [7, 11) is 1.84. The summed E-state index contributed by atoms with van der Waals surface area (Å²) in [6.45, 7) is 6.02. The van der Waals surface area contributed by atoms with Crippen molar-refractivity contribution >= 4 is 5.91 Å². The molecule has 1 unspecified atom stereocenters. The molecule has 1 aliphatic rings. The summed E-state index contributed by atoms with van der Waals surface area (Å²) in [5.41, 5.74) is 0. The fourth-order valence-electron chi connectivity index (χ4n) is 1.89. The van der Waals surface area contributed by atoms with Gasteiger partial charge in [0.05, 0.1) is 6.04 Å². The zero-order valence-electron chi connectivity index (χ0n) is 10.6. The lowest BCUT2D eigenvalue weighted by Gasteiger charge is -2.17. The number of hydrogen-bond acceptors (Lipinski definition) is 2. The van der Waals surface area contributed by atoms with E-state index in [2.05, 4.69) is 10.6 Å². The minimum Gasteiger partial charge on any atom is -0.352 e. The molecule has 1 fully saturated rings. The molecule has 15 heavy (non-hydrogen) atoms. The first-order chi connectivity index (χ1) is 7.27. The number of hydrogen-bond donors (Lipinski definition) is 2. The van der Waals surface area contributed by atoms with Gasteiger partial charge in [0.2, 0.25) is 5.91 Å². The van der Waals surface area contributed by atoms with E-state index >= 15 is 0 Å². The summed E-state index contributed by atoms with van der Waals surface area (Å²) in [4.78, 5) is 11.6. The van der Waals surface area contributed by atoms with E-state index in [9.17, 15) is 4.79 Å². The highest BCUT2D eigenvalue weighted by molar-refractivity contribution is 5.81. The summed E-state index contributed by atoms with van der Waals surface area (Å²) in [6, 6.07) is 0.426. The molecule has 0 radical (unpaired) electrons. The van der Waals surface area contributed by atoms with Gasteiger partial charge < -0.3 is 10.6 Å². The second-order valence-corrected chi connectivity index (χ2v) is 3.74. The van der Waals surface area contributed by atoms with Gasteiger partial charge in [-0.05, 0) is 26.3 Å². The largest absolute Gasteiger partial charge is 0.352 e. The molecule has 3 heteroatoms. The third-order valence-electron chi connectivity index (χ3n) is 2.77. The minimum absolute atomic E-state index is 0.0133. The Morgan fingerprint density at radius 1 is 1.33 bits per heavy atom. The smallest absolute Gasteiger partial charge is 0.237 e. The van der Waals surface area contributed by atoms with Gasteiger partial charge in [-0.15, -0.1) is 0 Å². The van der Waals surface area contributed by atoms with Crippen LogP contribution in [0.4, 0.5) is 0 Å². The quantitative estimate of drug-likeness (QED) is 0.752. The van der Waals surface area contributed by atoms with Gasteiger partial charge >= 0.3 is 0 Å². The molecule has 0 aromatic heterocycles. The van der Waals surface area contributed by atoms with Crippen LogP contribution in [-0.2, 0) is 4.79 Å². The predicted octanol–water partition coefficient (Wildman–Crippen LogP) is 2.07. The lowest BCUT2D eigenvalue weighted by molar-refractivity contribution is -0.123. The van der Waals surface area contributed by atoms with Crippen LogP contribution in [0.15, 0.2) is 0 Å². The third-order valence-corrected chi connectivity index (χ3v) is 2.77. The van der Waals surface area contributed by atoms with Crippen LogP contribution in [0.1, 0.15) is 52.9 Å². The van der Waals surface area contributed by atoms with Crippen LogP contribution in [0.2, 0.25) is 0 Å². The van der Waals surface area contributed by atoms with Crippen molar-refractivity contribution in [1.29, 1.82) is 0 Å². The highest BCUT2D eigenvalue weighted by atomic mass is 16.2. The summed E-state index contributed by atoms with van der Waals surface area (Å²) in [5, 5.41) is 6.09. The number of carbonyl (C=O) groups excluding carboxylic acids is 1. The van der Waals surface area contributed by atoms with Gasteiger partial charge in [-0.2, -0.15) is 0 Å². The van der Waals surface area contributed by atoms with Gasteiger partial charge in [0.15, 0.2) is 0 Å². The van der Waals surface area contributed by atoms with Crippen LogP contribution in [0, 0.1) is 0 Å². The molecule has 1 rings (SSSR count). The molecule has 0 heterocycles. The number of amides is 1. The van der Waals surface area contributed by atoms with E-state index in [1.807, 2.05) is 27.8 Å². The standard InChI is InChI=1S/C10H20N2O.C2H6/c1-3-9(11-2)10(13)12-8-6-4-5-7-8;1-2/h8-9,11H,3-7H2,1-2H3,(H,12,13);1-2H3. The van der Waals surface area contributed by atoms with Crippen molar-refractivity contribution < 1.29 is 4.79 Å². The molecule has 1 aliphatic carbocycles. The van der Waals surface area contributed by atoms with Crippen LogP contribution >= 0.6 is 0 Å². The molecule has 0 aliphatic heterocycles. The lowest BCUT2D eigenvalue weighted by atomic mass is 10.2. The molecule has 1 amide bonds. The topological polar surface area (TPSA) is 41.1 Å². The van der Waals surface area contributed by atoms with Gasteiger partial charge in [-0.1, -0.05) is 33.6 Å². The highest BCUT2D eigenvalue weighted by Crippen LogP contribution is 2.17. The SMILES string of the molecule is CC.CCC(NC)C(=O)NC1CCCC1. The summed E-state index contributed by atoms with van der Waals surface area (Å²) in [5.74, 6) is 0.164. The first-order valence-corrected chi connectivity index (χ1v) is 6.25. The molecule has 0 aromatic rings. The first kappa shape index (κ1) is 14.4. The van der Waals surface area contributed by atoms with Crippen LogP contribution in [0.25, 0.3) is 0 Å². The fourth-order valence-corrected chi connectivity index (χ4v) is 1.89. The average molecular weight is 214 g/mol. The Hall–Kier alpha value is -0.570. The van der Waals surface area contributed by atoms with Crippen molar-refractivity contribution in [2.24, 2.45) is 0 Å². The van der Waals surface area contributed by atoms with E-state index in [1.165, 1.54) is 12.8 Å². The van der Waals surface area contributed by atoms with Crippen molar-refractivity contribution in [1.82, 2.24) is 10.6 Å². The van der Waals surface area contributed by atoms with Crippen molar-refractivity contribution in [2.75, 3.05) is 7.05 Å². The van der Waals surface area contributed by atoms with E-state index in [0.717, 1.165) is 19.3 Å². The maximum Gasteiger partial charge on any atom is 0.237 e. The normalized spacial score (nSPS) is 17.9. The van der Waals surface area contributed by atoms with Crippen LogP contribution in [-0.4, -0.2) is 25.0 Å². The van der Waals surface area contributed by atoms with Crippen molar-refractivity contribution in [3.05, 3.63) is 0 Å². The lowest BCUT2D eigenvalue weighted by Crippen LogP contribution is -2.45. The third kappa shape index (κ3) is 5.17. The summed E-state index contributed by atoms with van der Waals surface area (Å²) in [6.07, 6.45) is 5.70. The van der Waals surface area contributed by atoms with E-state index in [0.29, 0.717) is 6.04 Å². The van der Waals surface area contributed by atoms with Crippen LogP contribution in [0.5, 0.6) is 0 Å². The fraction of sp³-hybridized carbons (Fsp3) is 0.917. The zero-order chi connectivity index (χ0) is 11.7. The molecule has 1 atom stereocenters. The Morgan fingerprint density at radius 3 is 2.27 bits per heavy atom. The number of rotatable bonds is 4. The molecule has 3 nitrogen and oxygen atoms in total. The van der Waals surface area contributed by atoms with Gasteiger partial charge in [-0.25, -0.2) is 0 Å². The molecule has 1 saturated carbocycles. The molecular weight excluding hydrogens is 188 g/mol. The number of carbonyl (C=O) groups is 1. The van der Waals surface area contributed by atoms with Gasteiger partial charge in [-0.3, -0.25) is 4.79 Å².